The van der Waals surface area contributed by atoms with Gasteiger partial charge in [0.05, 0.1) is 0 Å². The van der Waals surface area contributed by atoms with Crippen LogP contribution in [0.2, 0.25) is 0 Å². The van der Waals surface area contributed by atoms with E-state index in [0.717, 1.165) is 5.69 Å². The second-order valence-electron chi connectivity index (χ2n) is 6.11. The lowest BCUT2D eigenvalue weighted by Gasteiger charge is -2.36. The van der Waals surface area contributed by atoms with Crippen LogP contribution in [0.25, 0.3) is 0 Å². The van der Waals surface area contributed by atoms with Gasteiger partial charge in [-0.05, 0) is 43.2 Å². The first-order chi connectivity index (χ1) is 11.4. The number of hydrogen-bond donors (Lipinski definition) is 0. The molecule has 2 aromatic carbocycles. The van der Waals surface area contributed by atoms with Crippen molar-refractivity contribution in [3.05, 3.63) is 59.4 Å². The Hall–Kier alpha value is -1.92. The molecular weight excluding hydrogens is 327 g/mol. The Morgan fingerprint density at radius 2 is 1.62 bits per heavy atom. The second kappa shape index (κ2) is 6.53. The molecule has 0 bridgehead atoms. The topological polar surface area (TPSA) is 40.6 Å². The van der Waals surface area contributed by atoms with Gasteiger partial charge in [0.1, 0.15) is 10.7 Å². The predicted octanol–water partition coefficient (Wildman–Crippen LogP) is 2.95. The number of sulfonamides is 1. The maximum absolute atomic E-state index is 13.9. The summed E-state index contributed by atoms with van der Waals surface area (Å²) in [7, 11) is -3.78. The molecule has 128 valence electrons. The molecule has 0 unspecified atom stereocenters. The van der Waals surface area contributed by atoms with Crippen LogP contribution in [0.4, 0.5) is 10.1 Å². The summed E-state index contributed by atoms with van der Waals surface area (Å²) in [6.07, 6.45) is 0. The minimum atomic E-state index is -3.78. The maximum atomic E-state index is 13.9. The number of rotatable bonds is 3. The van der Waals surface area contributed by atoms with Gasteiger partial charge in [0, 0.05) is 31.9 Å². The Bertz CT molecular complexity index is 844. The molecule has 0 aliphatic carbocycles. The normalized spacial score (nSPS) is 16.4. The molecule has 0 radical (unpaired) electrons. The van der Waals surface area contributed by atoms with E-state index in [2.05, 4.69) is 30.0 Å². The number of hydrogen-bond acceptors (Lipinski definition) is 3. The molecule has 1 aliphatic rings. The summed E-state index contributed by atoms with van der Waals surface area (Å²) >= 11 is 0. The maximum Gasteiger partial charge on any atom is 0.246 e. The van der Waals surface area contributed by atoms with Crippen molar-refractivity contribution in [1.29, 1.82) is 0 Å². The molecule has 0 saturated carbocycles. The Balaban J connectivity index is 1.78. The molecule has 0 amide bonds. The predicted molar refractivity (Wildman–Crippen MR) is 93.3 cm³/mol. The summed E-state index contributed by atoms with van der Waals surface area (Å²) in [6, 6.07) is 11.8. The van der Waals surface area contributed by atoms with Crippen LogP contribution in [0.5, 0.6) is 0 Å². The standard InChI is InChI=1S/C18H21FN2O2S/c1-14-7-8-15(2)17(13-14)20-9-11-21(12-10-20)24(22,23)18-6-4-3-5-16(18)19/h3-8,13H,9-12H2,1-2H3. The van der Waals surface area contributed by atoms with Gasteiger partial charge >= 0.3 is 0 Å². The van der Waals surface area contributed by atoms with E-state index in [9.17, 15) is 12.8 Å². The fraction of sp³-hybridized carbons (Fsp3) is 0.333. The zero-order valence-electron chi connectivity index (χ0n) is 13.9. The third-order valence-electron chi connectivity index (χ3n) is 4.40. The summed E-state index contributed by atoms with van der Waals surface area (Å²) in [5, 5.41) is 0. The van der Waals surface area contributed by atoms with Crippen LogP contribution in [-0.4, -0.2) is 38.9 Å². The van der Waals surface area contributed by atoms with E-state index >= 15 is 0 Å². The van der Waals surface area contributed by atoms with E-state index in [1.54, 1.807) is 6.07 Å². The summed E-state index contributed by atoms with van der Waals surface area (Å²) < 4.78 is 40.5. The number of piperazine rings is 1. The van der Waals surface area contributed by atoms with E-state index < -0.39 is 15.8 Å². The number of halogens is 1. The van der Waals surface area contributed by atoms with Gasteiger partial charge in [0.2, 0.25) is 10.0 Å². The van der Waals surface area contributed by atoms with Gasteiger partial charge in [-0.1, -0.05) is 24.3 Å². The zero-order chi connectivity index (χ0) is 17.3. The van der Waals surface area contributed by atoms with Crippen molar-refractivity contribution in [1.82, 2.24) is 4.31 Å². The SMILES string of the molecule is Cc1ccc(C)c(N2CCN(S(=O)(=O)c3ccccc3F)CC2)c1. The summed E-state index contributed by atoms with van der Waals surface area (Å²) in [5.41, 5.74) is 3.49. The van der Waals surface area contributed by atoms with Gasteiger partial charge < -0.3 is 4.90 Å². The van der Waals surface area contributed by atoms with Crippen molar-refractivity contribution in [3.63, 3.8) is 0 Å². The average Bonchev–Trinajstić information content (AvgIpc) is 2.57. The van der Waals surface area contributed by atoms with Crippen molar-refractivity contribution in [2.24, 2.45) is 0 Å². The minimum absolute atomic E-state index is 0.245. The molecule has 1 fully saturated rings. The highest BCUT2D eigenvalue weighted by Crippen LogP contribution is 2.25. The van der Waals surface area contributed by atoms with Crippen LogP contribution in [0, 0.1) is 19.7 Å². The van der Waals surface area contributed by atoms with Crippen molar-refractivity contribution in [2.75, 3.05) is 31.1 Å². The van der Waals surface area contributed by atoms with Crippen molar-refractivity contribution >= 4 is 15.7 Å². The molecule has 24 heavy (non-hydrogen) atoms. The molecule has 1 saturated heterocycles. The lowest BCUT2D eigenvalue weighted by Crippen LogP contribution is -2.49. The first-order valence-corrected chi connectivity index (χ1v) is 9.40. The number of benzene rings is 2. The van der Waals surface area contributed by atoms with Gasteiger partial charge in [0.25, 0.3) is 0 Å². The molecule has 1 heterocycles. The van der Waals surface area contributed by atoms with Crippen LogP contribution in [0.3, 0.4) is 0 Å². The third-order valence-corrected chi connectivity index (χ3v) is 6.33. The van der Waals surface area contributed by atoms with Crippen LogP contribution >= 0.6 is 0 Å². The molecule has 0 N–H and O–H groups in total. The van der Waals surface area contributed by atoms with Crippen LogP contribution < -0.4 is 4.90 Å². The van der Waals surface area contributed by atoms with Gasteiger partial charge in [-0.25, -0.2) is 12.8 Å². The second-order valence-corrected chi connectivity index (χ2v) is 8.02. The Kier molecular flexibility index (Phi) is 4.60. The summed E-state index contributed by atoms with van der Waals surface area (Å²) in [5.74, 6) is -0.700. The van der Waals surface area contributed by atoms with E-state index in [1.807, 2.05) is 6.92 Å². The molecule has 0 spiro atoms. The molecule has 1 aliphatic heterocycles. The molecule has 3 rings (SSSR count). The third kappa shape index (κ3) is 3.16. The average molecular weight is 348 g/mol. The molecule has 6 heteroatoms. The van der Waals surface area contributed by atoms with Crippen molar-refractivity contribution < 1.29 is 12.8 Å². The van der Waals surface area contributed by atoms with E-state index in [-0.39, 0.29) is 4.90 Å². The lowest BCUT2D eigenvalue weighted by molar-refractivity contribution is 0.382. The van der Waals surface area contributed by atoms with Gasteiger partial charge in [-0.15, -0.1) is 0 Å². The lowest BCUT2D eigenvalue weighted by atomic mass is 10.1. The van der Waals surface area contributed by atoms with E-state index in [4.69, 9.17) is 0 Å². The van der Waals surface area contributed by atoms with Gasteiger partial charge in [0.15, 0.2) is 0 Å². The first-order valence-electron chi connectivity index (χ1n) is 7.96. The fourth-order valence-corrected chi connectivity index (χ4v) is 4.51. The van der Waals surface area contributed by atoms with E-state index in [1.165, 1.54) is 33.6 Å². The zero-order valence-corrected chi connectivity index (χ0v) is 14.7. The quantitative estimate of drug-likeness (QED) is 0.856. The first kappa shape index (κ1) is 16.9. The Labute approximate surface area is 142 Å². The van der Waals surface area contributed by atoms with Crippen molar-refractivity contribution in [2.45, 2.75) is 18.7 Å². The monoisotopic (exact) mass is 348 g/mol. The van der Waals surface area contributed by atoms with Gasteiger partial charge in [-0.2, -0.15) is 4.31 Å². The van der Waals surface area contributed by atoms with Crippen molar-refractivity contribution in [3.8, 4) is 0 Å². The minimum Gasteiger partial charge on any atom is -0.369 e. The molecule has 4 nitrogen and oxygen atoms in total. The highest BCUT2D eigenvalue weighted by Gasteiger charge is 2.30. The van der Waals surface area contributed by atoms with E-state index in [0.29, 0.717) is 26.2 Å². The number of anilines is 1. The number of nitrogens with zero attached hydrogens (tertiary/aromatic N) is 2. The molecule has 0 aromatic heterocycles. The largest absolute Gasteiger partial charge is 0.369 e. The Morgan fingerprint density at radius 1 is 0.958 bits per heavy atom. The molecule has 2 aromatic rings. The molecular formula is C18H21FN2O2S. The van der Waals surface area contributed by atoms with Crippen LogP contribution in [0.1, 0.15) is 11.1 Å². The highest BCUT2D eigenvalue weighted by atomic mass is 32.2. The van der Waals surface area contributed by atoms with Crippen LogP contribution in [-0.2, 0) is 10.0 Å². The summed E-state index contributed by atoms with van der Waals surface area (Å²) in [4.78, 5) is 1.94. The highest BCUT2D eigenvalue weighted by molar-refractivity contribution is 7.89. The molecule has 0 atom stereocenters. The van der Waals surface area contributed by atoms with Gasteiger partial charge in [-0.3, -0.25) is 0 Å². The van der Waals surface area contributed by atoms with Crippen LogP contribution in [0.15, 0.2) is 47.4 Å². The number of aryl methyl sites for hydroxylation is 2. The summed E-state index contributed by atoms with van der Waals surface area (Å²) in [6.45, 7) is 5.99. The Morgan fingerprint density at radius 3 is 2.29 bits per heavy atom. The fourth-order valence-electron chi connectivity index (χ4n) is 3.02. The smallest absolute Gasteiger partial charge is 0.246 e.